The summed E-state index contributed by atoms with van der Waals surface area (Å²) >= 11 is 0. The molecule has 5 heteroatoms. The van der Waals surface area contributed by atoms with Crippen LogP contribution in [0.5, 0.6) is 0 Å². The Morgan fingerprint density at radius 3 is 2.25 bits per heavy atom. The third kappa shape index (κ3) is 4.06. The molecule has 1 aliphatic rings. The molecule has 0 N–H and O–H groups in total. The van der Waals surface area contributed by atoms with E-state index in [1.807, 2.05) is 48.5 Å². The van der Waals surface area contributed by atoms with Gasteiger partial charge in [0.2, 0.25) is 10.0 Å². The molecule has 1 unspecified atom stereocenters. The second-order valence-electron chi connectivity index (χ2n) is 6.98. The van der Waals surface area contributed by atoms with Crippen molar-refractivity contribution in [2.24, 2.45) is 0 Å². The van der Waals surface area contributed by atoms with E-state index in [9.17, 15) is 8.42 Å². The Labute approximate surface area is 166 Å². The quantitative estimate of drug-likeness (QED) is 0.666. The first-order valence-corrected chi connectivity index (χ1v) is 10.8. The van der Waals surface area contributed by atoms with Gasteiger partial charge in [0.1, 0.15) is 0 Å². The summed E-state index contributed by atoms with van der Waals surface area (Å²) in [6.07, 6.45) is 4.59. The standard InChI is InChI=1S/C23H22N2O2S/c26-28(27,23-12-5-2-6-13-23)25-17-19(16-22-11-7-8-14-24-22)15-21(18-25)20-9-3-1-4-10-20/h1-14,16,21H,15,17-18H2. The van der Waals surface area contributed by atoms with E-state index >= 15 is 0 Å². The molecule has 0 amide bonds. The molecule has 4 rings (SSSR count). The van der Waals surface area contributed by atoms with E-state index < -0.39 is 10.0 Å². The molecule has 1 aromatic heterocycles. The van der Waals surface area contributed by atoms with Crippen molar-refractivity contribution >= 4 is 16.1 Å². The second-order valence-corrected chi connectivity index (χ2v) is 8.92. The average Bonchev–Trinajstić information content (AvgIpc) is 2.75. The fourth-order valence-corrected chi connectivity index (χ4v) is 5.14. The van der Waals surface area contributed by atoms with Crippen molar-refractivity contribution in [3.05, 3.63) is 102 Å². The first-order chi connectivity index (χ1) is 13.6. The minimum absolute atomic E-state index is 0.114. The minimum atomic E-state index is -3.56. The van der Waals surface area contributed by atoms with Crippen LogP contribution in [0.3, 0.4) is 0 Å². The van der Waals surface area contributed by atoms with Gasteiger partial charge in [-0.05, 0) is 42.3 Å². The zero-order chi connectivity index (χ0) is 19.4. The number of hydrogen-bond acceptors (Lipinski definition) is 3. The average molecular weight is 391 g/mol. The number of benzene rings is 2. The van der Waals surface area contributed by atoms with Crippen LogP contribution in [0.2, 0.25) is 0 Å². The van der Waals surface area contributed by atoms with Crippen LogP contribution < -0.4 is 0 Å². The van der Waals surface area contributed by atoms with Gasteiger partial charge < -0.3 is 0 Å². The topological polar surface area (TPSA) is 50.3 Å². The summed E-state index contributed by atoms with van der Waals surface area (Å²) in [4.78, 5) is 4.71. The number of rotatable bonds is 4. The van der Waals surface area contributed by atoms with Crippen LogP contribution >= 0.6 is 0 Å². The summed E-state index contributed by atoms with van der Waals surface area (Å²) < 4.78 is 28.1. The van der Waals surface area contributed by atoms with Gasteiger partial charge in [0.05, 0.1) is 10.6 Å². The number of nitrogens with zero attached hydrogens (tertiary/aromatic N) is 2. The van der Waals surface area contributed by atoms with Gasteiger partial charge in [0, 0.05) is 25.2 Å². The zero-order valence-corrected chi connectivity index (χ0v) is 16.3. The molecule has 0 spiro atoms. The van der Waals surface area contributed by atoms with Gasteiger partial charge in [-0.15, -0.1) is 0 Å². The fraction of sp³-hybridized carbons (Fsp3) is 0.174. The highest BCUT2D eigenvalue weighted by Crippen LogP contribution is 2.33. The third-order valence-corrected chi connectivity index (χ3v) is 6.83. The van der Waals surface area contributed by atoms with Crippen molar-refractivity contribution in [2.45, 2.75) is 17.2 Å². The Hall–Kier alpha value is -2.76. The van der Waals surface area contributed by atoms with Crippen molar-refractivity contribution < 1.29 is 8.42 Å². The SMILES string of the molecule is O=S(=O)(c1ccccc1)N1CC(=Cc2ccccn2)CC(c2ccccc2)C1. The molecule has 2 aromatic carbocycles. The summed E-state index contributed by atoms with van der Waals surface area (Å²) in [5, 5.41) is 0. The highest BCUT2D eigenvalue weighted by Gasteiger charge is 2.32. The third-order valence-electron chi connectivity index (χ3n) is 5.00. The second kappa shape index (κ2) is 8.09. The summed E-state index contributed by atoms with van der Waals surface area (Å²) in [7, 11) is -3.56. The Morgan fingerprint density at radius 1 is 0.893 bits per heavy atom. The highest BCUT2D eigenvalue weighted by atomic mass is 32.2. The molecular formula is C23H22N2O2S. The fourth-order valence-electron chi connectivity index (χ4n) is 3.63. The Kier molecular flexibility index (Phi) is 5.37. The lowest BCUT2D eigenvalue weighted by atomic mass is 9.88. The van der Waals surface area contributed by atoms with Gasteiger partial charge in [0.25, 0.3) is 0 Å². The molecule has 0 saturated carbocycles. The van der Waals surface area contributed by atoms with Gasteiger partial charge in [-0.3, -0.25) is 4.98 Å². The summed E-state index contributed by atoms with van der Waals surface area (Å²) in [5.41, 5.74) is 3.07. The van der Waals surface area contributed by atoms with E-state index in [4.69, 9.17) is 0 Å². The van der Waals surface area contributed by atoms with Crippen LogP contribution in [0.4, 0.5) is 0 Å². The number of hydrogen-bond donors (Lipinski definition) is 0. The summed E-state index contributed by atoms with van der Waals surface area (Å²) in [6.45, 7) is 0.859. The number of aromatic nitrogens is 1. The van der Waals surface area contributed by atoms with Gasteiger partial charge in [-0.25, -0.2) is 8.42 Å². The van der Waals surface area contributed by atoms with Gasteiger partial charge in [-0.2, -0.15) is 4.31 Å². The molecule has 0 bridgehead atoms. The number of piperidine rings is 1. The van der Waals surface area contributed by atoms with Crippen molar-refractivity contribution in [3.8, 4) is 0 Å². The van der Waals surface area contributed by atoms with Crippen LogP contribution in [0.25, 0.3) is 6.08 Å². The normalized spacial score (nSPS) is 19.6. The van der Waals surface area contributed by atoms with E-state index in [-0.39, 0.29) is 5.92 Å². The van der Waals surface area contributed by atoms with Crippen molar-refractivity contribution in [1.29, 1.82) is 0 Å². The summed E-state index contributed by atoms with van der Waals surface area (Å²) in [6, 6.07) is 24.5. The van der Waals surface area contributed by atoms with E-state index in [1.165, 1.54) is 0 Å². The summed E-state index contributed by atoms with van der Waals surface area (Å²) in [5.74, 6) is 0.114. The Morgan fingerprint density at radius 2 is 1.57 bits per heavy atom. The Balaban J connectivity index is 1.71. The minimum Gasteiger partial charge on any atom is -0.257 e. The lowest BCUT2D eigenvalue weighted by Gasteiger charge is -2.34. The Bertz CT molecular complexity index is 1050. The monoisotopic (exact) mass is 390 g/mol. The van der Waals surface area contributed by atoms with Crippen LogP contribution in [-0.4, -0.2) is 30.8 Å². The molecule has 3 aromatic rings. The molecule has 0 radical (unpaired) electrons. The van der Waals surface area contributed by atoms with Crippen molar-refractivity contribution in [1.82, 2.24) is 9.29 Å². The van der Waals surface area contributed by atoms with Crippen LogP contribution in [0, 0.1) is 0 Å². The first kappa shape index (κ1) is 18.6. The largest absolute Gasteiger partial charge is 0.257 e. The van der Waals surface area contributed by atoms with E-state index in [0.717, 1.165) is 23.3 Å². The molecule has 0 aliphatic carbocycles. The first-order valence-electron chi connectivity index (χ1n) is 9.33. The van der Waals surface area contributed by atoms with Crippen LogP contribution in [0.1, 0.15) is 23.6 Å². The highest BCUT2D eigenvalue weighted by molar-refractivity contribution is 7.89. The molecule has 1 aliphatic heterocycles. The maximum atomic E-state index is 13.2. The van der Waals surface area contributed by atoms with Crippen molar-refractivity contribution in [2.75, 3.05) is 13.1 Å². The van der Waals surface area contributed by atoms with Gasteiger partial charge in [-0.1, -0.05) is 60.2 Å². The molecular weight excluding hydrogens is 368 g/mol. The predicted molar refractivity (Wildman–Crippen MR) is 111 cm³/mol. The number of pyridine rings is 1. The molecule has 4 nitrogen and oxygen atoms in total. The van der Waals surface area contributed by atoms with E-state index in [2.05, 4.69) is 17.1 Å². The zero-order valence-electron chi connectivity index (χ0n) is 15.5. The molecule has 142 valence electrons. The van der Waals surface area contributed by atoms with Crippen LogP contribution in [0.15, 0.2) is 95.5 Å². The molecule has 2 heterocycles. The lowest BCUT2D eigenvalue weighted by Crippen LogP contribution is -2.40. The van der Waals surface area contributed by atoms with Gasteiger partial charge >= 0.3 is 0 Å². The smallest absolute Gasteiger partial charge is 0.243 e. The van der Waals surface area contributed by atoms with Gasteiger partial charge in [0.15, 0.2) is 0 Å². The van der Waals surface area contributed by atoms with E-state index in [1.54, 1.807) is 34.8 Å². The maximum absolute atomic E-state index is 13.2. The molecule has 1 fully saturated rings. The predicted octanol–water partition coefficient (Wildman–Crippen LogP) is 4.34. The molecule has 1 saturated heterocycles. The number of sulfonamides is 1. The maximum Gasteiger partial charge on any atom is 0.243 e. The molecule has 1 atom stereocenters. The molecule has 28 heavy (non-hydrogen) atoms. The van der Waals surface area contributed by atoms with E-state index in [0.29, 0.717) is 18.0 Å². The van der Waals surface area contributed by atoms with Crippen molar-refractivity contribution in [3.63, 3.8) is 0 Å². The van der Waals surface area contributed by atoms with Crippen LogP contribution in [-0.2, 0) is 10.0 Å². The lowest BCUT2D eigenvalue weighted by molar-refractivity contribution is 0.366.